The van der Waals surface area contributed by atoms with E-state index in [0.29, 0.717) is 3.17 Å². The van der Waals surface area contributed by atoms with Gasteiger partial charge in [0.25, 0.3) is 0 Å². The van der Waals surface area contributed by atoms with Gasteiger partial charge in [-0.05, 0) is 0 Å². The fourth-order valence-electron chi connectivity index (χ4n) is 2.78. The van der Waals surface area contributed by atoms with Gasteiger partial charge < -0.3 is 0 Å². The summed E-state index contributed by atoms with van der Waals surface area (Å²) in [6, 6.07) is 4.82. The van der Waals surface area contributed by atoms with Crippen molar-refractivity contribution in [2.75, 3.05) is 0 Å². The molecule has 1 aliphatic carbocycles. The van der Waals surface area contributed by atoms with Gasteiger partial charge in [-0.2, -0.15) is 0 Å². The average molecular weight is 380 g/mol. The Morgan fingerprint density at radius 1 is 1.12 bits per heavy atom. The summed E-state index contributed by atoms with van der Waals surface area (Å²) in [6.45, 7) is 6.81. The molecule has 2 rings (SSSR count). The van der Waals surface area contributed by atoms with Crippen molar-refractivity contribution in [1.82, 2.24) is 0 Å². The first-order chi connectivity index (χ1) is 7.51. The van der Waals surface area contributed by atoms with Gasteiger partial charge >= 0.3 is 108 Å². The summed E-state index contributed by atoms with van der Waals surface area (Å²) in [7, 11) is 0. The summed E-state index contributed by atoms with van der Waals surface area (Å²) in [4.78, 5) is 0. The van der Waals surface area contributed by atoms with E-state index in [1.54, 1.807) is 5.56 Å². The Morgan fingerprint density at radius 2 is 1.75 bits per heavy atom. The van der Waals surface area contributed by atoms with Gasteiger partial charge in [0, 0.05) is 0 Å². The first-order valence-corrected chi connectivity index (χ1v) is 15.1. The topological polar surface area (TPSA) is 0 Å². The van der Waals surface area contributed by atoms with E-state index in [4.69, 9.17) is 0 Å². The fourth-order valence-corrected chi connectivity index (χ4v) is 9.53. The molecule has 1 aromatic rings. The van der Waals surface area contributed by atoms with Crippen LogP contribution in [0.25, 0.3) is 6.08 Å². The van der Waals surface area contributed by atoms with E-state index in [0.717, 1.165) is 0 Å². The Bertz CT molecular complexity index is 443. The van der Waals surface area contributed by atoms with Gasteiger partial charge in [0.1, 0.15) is 0 Å². The SMILES string of the molecule is CC[C]1([Hf]([CH3])[CH3])C=Cc2cc(C)c(C)cc21. The van der Waals surface area contributed by atoms with Gasteiger partial charge in [-0.1, -0.05) is 0 Å². The van der Waals surface area contributed by atoms with Crippen molar-refractivity contribution >= 4 is 6.08 Å². The number of allylic oxidation sites excluding steroid dienone is 1. The van der Waals surface area contributed by atoms with Crippen molar-refractivity contribution in [3.05, 3.63) is 40.5 Å². The van der Waals surface area contributed by atoms with Crippen molar-refractivity contribution in [3.8, 4) is 0 Å². The molecule has 1 aromatic carbocycles. The molecule has 1 atom stereocenters. The molecule has 0 saturated heterocycles. The second kappa shape index (κ2) is 4.25. The van der Waals surface area contributed by atoms with Crippen LogP contribution in [-0.4, -0.2) is 0 Å². The molecular weight excluding hydrogens is 359 g/mol. The number of hydrogen-bond donors (Lipinski definition) is 0. The Hall–Kier alpha value is -0.170. The Labute approximate surface area is 107 Å². The van der Waals surface area contributed by atoms with E-state index in [9.17, 15) is 0 Å². The molecule has 0 spiro atoms. The van der Waals surface area contributed by atoms with Crippen molar-refractivity contribution in [2.45, 2.75) is 39.7 Å². The van der Waals surface area contributed by atoms with Crippen LogP contribution in [0, 0.1) is 13.8 Å². The third kappa shape index (κ3) is 1.68. The van der Waals surface area contributed by atoms with E-state index < -0.39 is 21.4 Å². The fraction of sp³-hybridized carbons (Fsp3) is 0.467. The minimum absolute atomic E-state index is 0.485. The van der Waals surface area contributed by atoms with E-state index in [1.807, 2.05) is 0 Å². The molecule has 0 heterocycles. The van der Waals surface area contributed by atoms with Crippen LogP contribution in [0.2, 0.25) is 9.36 Å². The summed E-state index contributed by atoms with van der Waals surface area (Å²) in [6.07, 6.45) is 6.16. The maximum atomic E-state index is 2.54. The Morgan fingerprint density at radius 3 is 2.31 bits per heavy atom. The zero-order valence-corrected chi connectivity index (χ0v) is 14.6. The van der Waals surface area contributed by atoms with Crippen LogP contribution in [0.5, 0.6) is 0 Å². The monoisotopic (exact) mass is 381 g/mol. The van der Waals surface area contributed by atoms with Crippen LogP contribution in [0.1, 0.15) is 35.6 Å². The standard InChI is InChI=1S/C13H15.2CH3.Hf/c1-4-11-5-6-12-7-9(2)10(3)8-13(11)12;;;/h5-8H,4H2,1-3H3;2*1H3;. The van der Waals surface area contributed by atoms with Crippen molar-refractivity contribution in [3.63, 3.8) is 0 Å². The van der Waals surface area contributed by atoms with Crippen LogP contribution in [0.3, 0.4) is 0 Å². The second-order valence-corrected chi connectivity index (χ2v) is 15.6. The summed E-state index contributed by atoms with van der Waals surface area (Å²) in [5.74, 6) is 0. The molecule has 0 nitrogen and oxygen atoms in total. The van der Waals surface area contributed by atoms with Crippen LogP contribution >= 0.6 is 0 Å². The summed E-state index contributed by atoms with van der Waals surface area (Å²) < 4.78 is 5.57. The number of aryl methyl sites for hydroxylation is 2. The number of hydrogen-bond acceptors (Lipinski definition) is 0. The predicted octanol–water partition coefficient (Wildman–Crippen LogP) is 4.65. The maximum absolute atomic E-state index is 2.54. The molecule has 1 aliphatic rings. The summed E-state index contributed by atoms with van der Waals surface area (Å²) >= 11 is -1.46. The number of rotatable bonds is 2. The van der Waals surface area contributed by atoms with Crippen molar-refractivity contribution in [1.29, 1.82) is 0 Å². The molecule has 0 radical (unpaired) electrons. The number of benzene rings is 1. The Kier molecular flexibility index (Phi) is 3.27. The zero-order chi connectivity index (χ0) is 11.9. The zero-order valence-electron chi connectivity index (χ0n) is 11.0. The molecule has 1 heteroatoms. The second-order valence-electron chi connectivity index (χ2n) is 5.18. The van der Waals surface area contributed by atoms with Gasteiger partial charge in [0.05, 0.1) is 0 Å². The summed E-state index contributed by atoms with van der Waals surface area (Å²) in [5.41, 5.74) is 5.99. The van der Waals surface area contributed by atoms with Gasteiger partial charge in [0.15, 0.2) is 0 Å². The first kappa shape index (κ1) is 12.3. The van der Waals surface area contributed by atoms with E-state index in [2.05, 4.69) is 54.4 Å². The van der Waals surface area contributed by atoms with Crippen molar-refractivity contribution in [2.24, 2.45) is 0 Å². The molecule has 0 fully saturated rings. The van der Waals surface area contributed by atoms with Crippen LogP contribution in [-0.2, 0) is 24.6 Å². The van der Waals surface area contributed by atoms with Gasteiger partial charge in [-0.15, -0.1) is 0 Å². The van der Waals surface area contributed by atoms with E-state index in [1.165, 1.54) is 23.1 Å². The van der Waals surface area contributed by atoms with Crippen molar-refractivity contribution < 1.29 is 21.4 Å². The van der Waals surface area contributed by atoms with Crippen LogP contribution < -0.4 is 0 Å². The first-order valence-electron chi connectivity index (χ1n) is 6.13. The molecular formula is C15H21Hf. The van der Waals surface area contributed by atoms with Gasteiger partial charge in [0.2, 0.25) is 0 Å². The third-order valence-corrected chi connectivity index (χ3v) is 13.4. The molecule has 0 saturated carbocycles. The molecule has 16 heavy (non-hydrogen) atoms. The predicted molar refractivity (Wildman–Crippen MR) is 68.6 cm³/mol. The third-order valence-electron chi connectivity index (χ3n) is 4.14. The molecule has 0 aromatic heterocycles. The molecule has 0 amide bonds. The van der Waals surface area contributed by atoms with Crippen LogP contribution in [0.15, 0.2) is 18.2 Å². The van der Waals surface area contributed by atoms with E-state index >= 15 is 0 Å². The quantitative estimate of drug-likeness (QED) is 0.656. The molecule has 0 N–H and O–H groups in total. The van der Waals surface area contributed by atoms with Gasteiger partial charge in [-0.25, -0.2) is 0 Å². The normalized spacial score (nSPS) is 22.3. The molecule has 85 valence electrons. The molecule has 0 bridgehead atoms. The molecule has 0 aliphatic heterocycles. The minimum atomic E-state index is -1.46. The van der Waals surface area contributed by atoms with Crippen LogP contribution in [0.4, 0.5) is 0 Å². The van der Waals surface area contributed by atoms with E-state index in [-0.39, 0.29) is 0 Å². The number of fused-ring (bicyclic) bond motifs is 1. The van der Waals surface area contributed by atoms with Gasteiger partial charge in [-0.3, -0.25) is 0 Å². The molecule has 1 unspecified atom stereocenters. The average Bonchev–Trinajstić information content (AvgIpc) is 2.58. The summed E-state index contributed by atoms with van der Waals surface area (Å²) in [5, 5.41) is 0. The Balaban J connectivity index is 2.62.